The molecule has 0 aliphatic rings. The van der Waals surface area contributed by atoms with Crippen molar-refractivity contribution >= 4 is 35.1 Å². The first-order chi connectivity index (χ1) is 13.7. The topological polar surface area (TPSA) is 170 Å². The monoisotopic (exact) mass is 402 g/mol. The van der Waals surface area contributed by atoms with E-state index < -0.39 is 39.9 Å². The summed E-state index contributed by atoms with van der Waals surface area (Å²) < 4.78 is 0. The van der Waals surface area contributed by atoms with Gasteiger partial charge in [0.15, 0.2) is 23.1 Å². The molecule has 0 heterocycles. The second-order valence-corrected chi connectivity index (χ2v) is 5.94. The number of hydrogen-bond acceptors (Lipinski definition) is 8. The lowest BCUT2D eigenvalue weighted by Gasteiger charge is -2.13. The predicted octanol–water partition coefficient (Wildman–Crippen LogP) is 0.159. The quantitative estimate of drug-likeness (QED) is 0.157. The Balaban J connectivity index is 2.00. The van der Waals surface area contributed by atoms with Crippen molar-refractivity contribution in [3.8, 4) is 11.5 Å². The maximum Gasteiger partial charge on any atom is 0.206 e. The van der Waals surface area contributed by atoms with E-state index in [1.54, 1.807) is 0 Å². The highest BCUT2D eigenvalue weighted by Gasteiger charge is 2.10. The summed E-state index contributed by atoms with van der Waals surface area (Å²) in [5, 5.41) is 56.1. The lowest BCUT2D eigenvalue weighted by atomic mass is 10.1. The van der Waals surface area contributed by atoms with Crippen molar-refractivity contribution in [2.24, 2.45) is 0 Å². The smallest absolute Gasteiger partial charge is 0.206 e. The Morgan fingerprint density at radius 1 is 0.793 bits per heavy atom. The highest BCUT2D eigenvalue weighted by Crippen LogP contribution is 2.22. The van der Waals surface area contributed by atoms with Gasteiger partial charge in [-0.05, 0) is 35.4 Å². The van der Waals surface area contributed by atoms with E-state index >= 15 is 0 Å². The molecule has 6 N–H and O–H groups in total. The molecule has 0 spiro atoms. The third kappa shape index (κ3) is 6.33. The fourth-order valence-corrected chi connectivity index (χ4v) is 2.33. The number of phenols is 2. The van der Waals surface area contributed by atoms with E-state index in [-0.39, 0.29) is 11.4 Å². The molecule has 0 bridgehead atoms. The molecular formula is C19H18N2O8. The number of carbonyl (C=O) groups is 2. The van der Waals surface area contributed by atoms with Gasteiger partial charge >= 0.3 is 0 Å². The lowest BCUT2D eigenvalue weighted by molar-refractivity contribution is -0.991. The van der Waals surface area contributed by atoms with Crippen LogP contribution in [0.5, 0.6) is 11.5 Å². The Labute approximate surface area is 164 Å². The normalized spacial score (nSPS) is 13.7. The van der Waals surface area contributed by atoms with Gasteiger partial charge < -0.3 is 20.6 Å². The van der Waals surface area contributed by atoms with Crippen molar-refractivity contribution in [2.75, 3.05) is 0 Å². The minimum Gasteiger partial charge on any atom is -0.595 e. The summed E-state index contributed by atoms with van der Waals surface area (Å²) in [5.74, 6) is -1.86. The maximum atomic E-state index is 11.9. The lowest BCUT2D eigenvalue weighted by Crippen LogP contribution is -2.99. The molecule has 0 aliphatic carbocycles. The molecule has 0 radical (unpaired) electrons. The molecule has 152 valence electrons. The van der Waals surface area contributed by atoms with Crippen LogP contribution < -0.4 is 10.5 Å². The van der Waals surface area contributed by atoms with E-state index in [0.29, 0.717) is 11.1 Å². The Morgan fingerprint density at radius 2 is 1.17 bits per heavy atom. The number of phenolic OH excluding ortho intramolecular Hbond substituents is 2. The van der Waals surface area contributed by atoms with E-state index in [9.17, 15) is 30.2 Å². The fourth-order valence-electron chi connectivity index (χ4n) is 2.33. The third-order valence-corrected chi connectivity index (χ3v) is 3.77. The number of benzene rings is 2. The SMILES string of the molecule is O=C(/C=C/c1ccc(O)c([NH+]([O-])O)c1)CC(=O)/C=C/c1ccc(O)c([NH+]([O-])O)c1. The Morgan fingerprint density at radius 3 is 1.52 bits per heavy atom. The maximum absolute atomic E-state index is 11.9. The average Bonchev–Trinajstić information content (AvgIpc) is 2.66. The first-order valence-corrected chi connectivity index (χ1v) is 8.22. The van der Waals surface area contributed by atoms with Gasteiger partial charge in [0.1, 0.15) is 0 Å². The summed E-state index contributed by atoms with van der Waals surface area (Å²) in [7, 11) is 0. The molecule has 2 aromatic rings. The molecule has 0 saturated heterocycles. The number of nitrogens with one attached hydrogen (secondary N) is 2. The van der Waals surface area contributed by atoms with Gasteiger partial charge in [0.05, 0.1) is 6.42 Å². The van der Waals surface area contributed by atoms with Crippen molar-refractivity contribution in [2.45, 2.75) is 6.42 Å². The van der Waals surface area contributed by atoms with E-state index in [0.717, 1.165) is 12.2 Å². The van der Waals surface area contributed by atoms with Gasteiger partial charge in [-0.15, -0.1) is 0 Å². The molecule has 0 aliphatic heterocycles. The molecule has 10 heteroatoms. The summed E-state index contributed by atoms with van der Waals surface area (Å²) in [5.41, 5.74) is 0.102. The van der Waals surface area contributed by atoms with Crippen molar-refractivity contribution in [1.29, 1.82) is 0 Å². The Bertz CT molecular complexity index is 889. The van der Waals surface area contributed by atoms with Gasteiger partial charge in [-0.1, -0.05) is 24.3 Å². The van der Waals surface area contributed by atoms with Crippen molar-refractivity contribution in [3.05, 3.63) is 70.1 Å². The molecule has 2 unspecified atom stereocenters. The summed E-state index contributed by atoms with van der Waals surface area (Å²) in [4.78, 5) is 23.8. The standard InChI is InChI=1S/C19H18N2O8/c22-14(5-1-12-3-7-18(24)16(9-12)20(26)27)11-15(23)6-2-13-4-8-19(25)17(10-13)21(28)29/h1-10,20-21,24-26,28H,11H2/b5-1+,6-2+. The highest BCUT2D eigenvalue weighted by molar-refractivity contribution is 6.10. The van der Waals surface area contributed by atoms with Gasteiger partial charge in [0.25, 0.3) is 0 Å². The number of allylic oxidation sites excluding steroid dienone is 2. The summed E-state index contributed by atoms with van der Waals surface area (Å²) >= 11 is 0. The Kier molecular flexibility index (Phi) is 7.33. The van der Waals surface area contributed by atoms with Crippen LogP contribution in [0.4, 0.5) is 11.4 Å². The van der Waals surface area contributed by atoms with Crippen LogP contribution in [-0.4, -0.2) is 32.2 Å². The minimum atomic E-state index is -1.32. The summed E-state index contributed by atoms with van der Waals surface area (Å²) in [6.07, 6.45) is 4.44. The fraction of sp³-hybridized carbons (Fsp3) is 0.0526. The number of hydrogen-bond donors (Lipinski definition) is 6. The van der Waals surface area contributed by atoms with Crippen LogP contribution in [0.3, 0.4) is 0 Å². The second kappa shape index (κ2) is 9.71. The van der Waals surface area contributed by atoms with Crippen LogP contribution in [0.15, 0.2) is 48.6 Å². The molecule has 0 saturated carbocycles. The van der Waals surface area contributed by atoms with Crippen LogP contribution in [-0.2, 0) is 9.59 Å². The zero-order valence-corrected chi connectivity index (χ0v) is 14.9. The minimum absolute atomic E-state index is 0.312. The van der Waals surface area contributed by atoms with E-state index in [1.165, 1.54) is 48.6 Å². The van der Waals surface area contributed by atoms with E-state index in [4.69, 9.17) is 10.4 Å². The molecule has 0 aromatic heterocycles. The molecule has 2 atom stereocenters. The molecular weight excluding hydrogens is 384 g/mol. The van der Waals surface area contributed by atoms with Gasteiger partial charge in [-0.3, -0.25) is 9.59 Å². The van der Waals surface area contributed by atoms with Crippen LogP contribution in [0.2, 0.25) is 0 Å². The van der Waals surface area contributed by atoms with Crippen LogP contribution in [0.1, 0.15) is 17.5 Å². The zero-order chi connectivity index (χ0) is 21.6. The second-order valence-electron chi connectivity index (χ2n) is 5.94. The number of quaternary nitrogens is 2. The summed E-state index contributed by atoms with van der Waals surface area (Å²) in [6, 6.07) is 7.58. The van der Waals surface area contributed by atoms with Crippen molar-refractivity contribution in [3.63, 3.8) is 0 Å². The Hall–Kier alpha value is -3.38. The van der Waals surface area contributed by atoms with Crippen molar-refractivity contribution in [1.82, 2.24) is 0 Å². The average molecular weight is 402 g/mol. The number of carbonyl (C=O) groups excluding carboxylic acids is 2. The van der Waals surface area contributed by atoms with E-state index in [2.05, 4.69) is 0 Å². The molecule has 10 nitrogen and oxygen atoms in total. The number of rotatable bonds is 8. The third-order valence-electron chi connectivity index (χ3n) is 3.77. The van der Waals surface area contributed by atoms with Crippen molar-refractivity contribution < 1.29 is 40.7 Å². The van der Waals surface area contributed by atoms with Gasteiger partial charge in [0, 0.05) is 12.1 Å². The van der Waals surface area contributed by atoms with Crippen LogP contribution >= 0.6 is 0 Å². The van der Waals surface area contributed by atoms with Gasteiger partial charge in [0.2, 0.25) is 11.4 Å². The van der Waals surface area contributed by atoms with E-state index in [1.807, 2.05) is 0 Å². The first kappa shape index (κ1) is 21.9. The number of ketones is 2. The summed E-state index contributed by atoms with van der Waals surface area (Å²) in [6.45, 7) is 0. The van der Waals surface area contributed by atoms with Gasteiger partial charge in [-0.25, -0.2) is 10.4 Å². The molecule has 0 fully saturated rings. The number of aromatic hydroxyl groups is 2. The largest absolute Gasteiger partial charge is 0.595 e. The molecule has 2 aromatic carbocycles. The van der Waals surface area contributed by atoms with Crippen LogP contribution in [0.25, 0.3) is 12.2 Å². The molecule has 29 heavy (non-hydrogen) atoms. The molecule has 0 amide bonds. The molecule has 2 rings (SSSR count). The zero-order valence-electron chi connectivity index (χ0n) is 14.9. The highest BCUT2D eigenvalue weighted by atomic mass is 16.8. The van der Waals surface area contributed by atoms with Crippen LogP contribution in [0, 0.1) is 10.4 Å². The van der Waals surface area contributed by atoms with Gasteiger partial charge in [-0.2, -0.15) is 10.5 Å². The predicted molar refractivity (Wildman–Crippen MR) is 100 cm³/mol. The first-order valence-electron chi connectivity index (χ1n) is 8.22.